The van der Waals surface area contributed by atoms with Crippen LogP contribution in [0.25, 0.3) is 0 Å². The van der Waals surface area contributed by atoms with Crippen LogP contribution in [-0.4, -0.2) is 55.1 Å². The van der Waals surface area contributed by atoms with Crippen LogP contribution < -0.4 is 0 Å². The van der Waals surface area contributed by atoms with Crippen LogP contribution in [0.15, 0.2) is 23.3 Å². The minimum Gasteiger partial charge on any atom is -0.465 e. The smallest absolute Gasteiger partial charge is 0.339 e. The van der Waals surface area contributed by atoms with Crippen LogP contribution in [0.2, 0.25) is 18.1 Å². The minimum atomic E-state index is -2.18. The van der Waals surface area contributed by atoms with Gasteiger partial charge in [0.15, 0.2) is 8.32 Å². The molecular weight excluding hydrogens is 380 g/mol. The maximum absolute atomic E-state index is 12.6. The highest BCUT2D eigenvalue weighted by Gasteiger charge is 2.54. The van der Waals surface area contributed by atoms with E-state index in [-0.39, 0.29) is 23.6 Å². The Morgan fingerprint density at radius 3 is 2.43 bits per heavy atom. The molecule has 0 saturated carbocycles. The lowest BCUT2D eigenvalue weighted by atomic mass is 9.71. The Labute approximate surface area is 167 Å². The average molecular weight is 413 g/mol. The molecule has 0 fully saturated rings. The monoisotopic (exact) mass is 412 g/mol. The van der Waals surface area contributed by atoms with Crippen LogP contribution in [-0.2, 0) is 23.5 Å². The number of hydrogen-bond donors (Lipinski definition) is 2. The van der Waals surface area contributed by atoms with E-state index in [1.54, 1.807) is 13.0 Å². The van der Waals surface area contributed by atoms with Gasteiger partial charge in [0.05, 0.1) is 18.3 Å². The first-order valence-electron chi connectivity index (χ1n) is 9.59. The summed E-state index contributed by atoms with van der Waals surface area (Å²) in [7, 11) is -2.18. The first kappa shape index (κ1) is 22.8. The topological polar surface area (TPSA) is 102 Å². The molecule has 7 nitrogen and oxygen atoms in total. The summed E-state index contributed by atoms with van der Waals surface area (Å²) in [6.07, 6.45) is 0.841. The number of rotatable bonds is 5. The zero-order chi connectivity index (χ0) is 21.5. The molecule has 0 aromatic rings. The molecule has 1 heterocycles. The van der Waals surface area contributed by atoms with E-state index in [1.807, 2.05) is 6.92 Å². The van der Waals surface area contributed by atoms with Crippen LogP contribution in [0, 0.1) is 5.92 Å². The van der Waals surface area contributed by atoms with E-state index in [2.05, 4.69) is 33.9 Å². The summed E-state index contributed by atoms with van der Waals surface area (Å²) < 4.78 is 16.4. The van der Waals surface area contributed by atoms with E-state index in [9.17, 15) is 19.8 Å². The molecule has 2 rings (SSSR count). The highest BCUT2D eigenvalue weighted by Crippen LogP contribution is 2.45. The van der Waals surface area contributed by atoms with Gasteiger partial charge in [-0.1, -0.05) is 26.8 Å². The summed E-state index contributed by atoms with van der Waals surface area (Å²) in [6, 6.07) is 0. The summed E-state index contributed by atoms with van der Waals surface area (Å²) in [6.45, 7) is 14.2. The third-order valence-electron chi connectivity index (χ3n) is 5.96. The van der Waals surface area contributed by atoms with Crippen molar-refractivity contribution in [3.05, 3.63) is 23.3 Å². The second-order valence-electron chi connectivity index (χ2n) is 9.01. The highest BCUT2D eigenvalue weighted by molar-refractivity contribution is 6.74. The zero-order valence-electron chi connectivity index (χ0n) is 17.7. The second-order valence-corrected chi connectivity index (χ2v) is 13.8. The van der Waals surface area contributed by atoms with Gasteiger partial charge in [-0.25, -0.2) is 4.79 Å². The minimum absolute atomic E-state index is 0.00101. The standard InChI is InChI=1S/C20H32O7Si/c1-8-25-17(22)13-9-12(2)15(27-28(6,7)19(3,4)5)11-20(13,24)14-10-16(21)26-18(14)23/h9-10,13,15-16,21,24H,8,11H2,1-7H3/t13-,15-,16?,20-/m0/s1. The molecule has 2 N–H and O–H groups in total. The number of cyclic esters (lactones) is 1. The van der Waals surface area contributed by atoms with Crippen LogP contribution in [0.5, 0.6) is 0 Å². The summed E-state index contributed by atoms with van der Waals surface area (Å²) in [5, 5.41) is 21.1. The van der Waals surface area contributed by atoms with Gasteiger partial charge >= 0.3 is 11.9 Å². The van der Waals surface area contributed by atoms with Gasteiger partial charge in [0.2, 0.25) is 6.29 Å². The van der Waals surface area contributed by atoms with Crippen molar-refractivity contribution in [3.8, 4) is 0 Å². The Hall–Kier alpha value is -1.48. The molecular formula is C20H32O7Si. The fourth-order valence-electron chi connectivity index (χ4n) is 3.26. The predicted octanol–water partition coefficient (Wildman–Crippen LogP) is 2.44. The zero-order valence-corrected chi connectivity index (χ0v) is 18.7. The Kier molecular flexibility index (Phi) is 6.30. The number of aliphatic hydroxyl groups is 2. The first-order chi connectivity index (χ1) is 12.7. The normalized spacial score (nSPS) is 31.2. The van der Waals surface area contributed by atoms with Gasteiger partial charge in [-0.2, -0.15) is 0 Å². The van der Waals surface area contributed by atoms with Gasteiger partial charge < -0.3 is 24.1 Å². The second kappa shape index (κ2) is 7.74. The predicted molar refractivity (Wildman–Crippen MR) is 106 cm³/mol. The molecule has 0 spiro atoms. The van der Waals surface area contributed by atoms with Gasteiger partial charge in [0.1, 0.15) is 11.5 Å². The fourth-order valence-corrected chi connectivity index (χ4v) is 4.59. The van der Waals surface area contributed by atoms with Crippen LogP contribution in [0.1, 0.15) is 41.0 Å². The van der Waals surface area contributed by atoms with Gasteiger partial charge in [-0.15, -0.1) is 0 Å². The van der Waals surface area contributed by atoms with Crippen molar-refractivity contribution in [2.24, 2.45) is 5.92 Å². The number of carbonyl (C=O) groups is 2. The molecule has 1 unspecified atom stereocenters. The van der Waals surface area contributed by atoms with E-state index in [0.717, 1.165) is 11.6 Å². The number of aliphatic hydroxyl groups excluding tert-OH is 1. The summed E-state index contributed by atoms with van der Waals surface area (Å²) in [5.74, 6) is -2.57. The third kappa shape index (κ3) is 4.24. The summed E-state index contributed by atoms with van der Waals surface area (Å²) in [4.78, 5) is 24.8. The quantitative estimate of drug-likeness (QED) is 0.406. The number of hydrogen-bond acceptors (Lipinski definition) is 7. The molecule has 28 heavy (non-hydrogen) atoms. The molecule has 0 aromatic heterocycles. The molecule has 2 aliphatic rings. The van der Waals surface area contributed by atoms with E-state index < -0.39 is 44.2 Å². The summed E-state index contributed by atoms with van der Waals surface area (Å²) in [5.41, 5.74) is -1.21. The van der Waals surface area contributed by atoms with Crippen molar-refractivity contribution in [2.45, 2.75) is 77.2 Å². The van der Waals surface area contributed by atoms with Crippen molar-refractivity contribution in [3.63, 3.8) is 0 Å². The molecule has 0 aromatic carbocycles. The Morgan fingerprint density at radius 2 is 1.96 bits per heavy atom. The van der Waals surface area contributed by atoms with Crippen molar-refractivity contribution in [1.82, 2.24) is 0 Å². The largest absolute Gasteiger partial charge is 0.465 e. The maximum Gasteiger partial charge on any atom is 0.339 e. The molecule has 1 aliphatic carbocycles. The van der Waals surface area contributed by atoms with Crippen molar-refractivity contribution in [1.29, 1.82) is 0 Å². The maximum atomic E-state index is 12.6. The highest BCUT2D eigenvalue weighted by atomic mass is 28.4. The lowest BCUT2D eigenvalue weighted by Gasteiger charge is -2.45. The molecule has 0 amide bonds. The number of ether oxygens (including phenoxy) is 2. The van der Waals surface area contributed by atoms with E-state index >= 15 is 0 Å². The van der Waals surface area contributed by atoms with Gasteiger partial charge in [-0.3, -0.25) is 4.79 Å². The third-order valence-corrected chi connectivity index (χ3v) is 10.4. The average Bonchev–Trinajstić information content (AvgIpc) is 2.88. The number of carbonyl (C=O) groups excluding carboxylic acids is 2. The van der Waals surface area contributed by atoms with E-state index in [4.69, 9.17) is 13.9 Å². The Balaban J connectivity index is 2.47. The Bertz CT molecular complexity index is 704. The van der Waals surface area contributed by atoms with Crippen LogP contribution in [0.4, 0.5) is 0 Å². The molecule has 158 valence electrons. The van der Waals surface area contributed by atoms with E-state index in [0.29, 0.717) is 0 Å². The summed E-state index contributed by atoms with van der Waals surface area (Å²) >= 11 is 0. The van der Waals surface area contributed by atoms with Crippen LogP contribution >= 0.6 is 0 Å². The molecule has 1 aliphatic heterocycles. The SMILES string of the molecule is CCOC(=O)[C@@H]1C=C(C)[C@@H](O[Si](C)(C)C(C)(C)C)C[C@@]1(O)C1=CC(O)OC1=O. The van der Waals surface area contributed by atoms with Crippen LogP contribution in [0.3, 0.4) is 0 Å². The van der Waals surface area contributed by atoms with Gasteiger partial charge in [0, 0.05) is 6.42 Å². The van der Waals surface area contributed by atoms with Crippen molar-refractivity contribution >= 4 is 20.3 Å². The lowest BCUT2D eigenvalue weighted by molar-refractivity contribution is -0.158. The fraction of sp³-hybridized carbons (Fsp3) is 0.700. The number of esters is 2. The van der Waals surface area contributed by atoms with Gasteiger partial charge in [0.25, 0.3) is 0 Å². The van der Waals surface area contributed by atoms with Crippen molar-refractivity contribution < 1.29 is 33.7 Å². The molecule has 4 atom stereocenters. The van der Waals surface area contributed by atoms with E-state index in [1.165, 1.54) is 0 Å². The Morgan fingerprint density at radius 1 is 1.36 bits per heavy atom. The molecule has 0 saturated heterocycles. The molecule has 0 radical (unpaired) electrons. The lowest BCUT2D eigenvalue weighted by Crippen LogP contribution is -2.53. The van der Waals surface area contributed by atoms with Gasteiger partial charge in [-0.05, 0) is 43.6 Å². The van der Waals surface area contributed by atoms with Crippen molar-refractivity contribution in [2.75, 3.05) is 6.61 Å². The molecule has 0 bridgehead atoms. The first-order valence-corrected chi connectivity index (χ1v) is 12.5. The molecule has 8 heteroatoms.